The molecule has 0 spiro atoms. The molecule has 60 valence electrons. The van der Waals surface area contributed by atoms with E-state index in [0.717, 1.165) is 12.4 Å². The van der Waals surface area contributed by atoms with Gasteiger partial charge in [-0.3, -0.25) is 0 Å². The molecule has 0 heterocycles. The lowest BCUT2D eigenvalue weighted by Crippen LogP contribution is -2.21. The summed E-state index contributed by atoms with van der Waals surface area (Å²) < 4.78 is 5.55. The number of thiol groups is 1. The Kier molecular flexibility index (Phi) is 4.23. The number of unbranched alkanes of at least 4 members (excludes halogenated alkanes) is 1. The van der Waals surface area contributed by atoms with Gasteiger partial charge in [-0.1, -0.05) is 0 Å². The minimum atomic E-state index is 0.611. The summed E-state index contributed by atoms with van der Waals surface area (Å²) in [5, 5.41) is 0. The Morgan fingerprint density at radius 2 is 2.10 bits per heavy atom. The highest BCUT2D eigenvalue weighted by atomic mass is 32.1. The first-order valence-electron chi connectivity index (χ1n) is 4.16. The van der Waals surface area contributed by atoms with E-state index in [1.165, 1.54) is 32.1 Å². The second-order valence-electron chi connectivity index (χ2n) is 2.85. The summed E-state index contributed by atoms with van der Waals surface area (Å²) in [5.41, 5.74) is 0. The molecule has 0 aromatic heterocycles. The SMILES string of the molecule is SCCCCOC1CCC1. The number of ether oxygens (including phenoxy) is 1. The molecule has 2 heteroatoms. The molecule has 0 bridgehead atoms. The quantitative estimate of drug-likeness (QED) is 0.479. The van der Waals surface area contributed by atoms with Crippen LogP contribution in [0.4, 0.5) is 0 Å². The van der Waals surface area contributed by atoms with E-state index in [1.54, 1.807) is 0 Å². The lowest BCUT2D eigenvalue weighted by atomic mass is 9.96. The van der Waals surface area contributed by atoms with E-state index in [0.29, 0.717) is 6.10 Å². The van der Waals surface area contributed by atoms with Gasteiger partial charge in [0.15, 0.2) is 0 Å². The van der Waals surface area contributed by atoms with Gasteiger partial charge in [-0.05, 0) is 37.9 Å². The summed E-state index contributed by atoms with van der Waals surface area (Å²) in [6.07, 6.45) is 6.94. The van der Waals surface area contributed by atoms with E-state index >= 15 is 0 Å². The fourth-order valence-corrected chi connectivity index (χ4v) is 1.22. The van der Waals surface area contributed by atoms with Crippen LogP contribution in [0.25, 0.3) is 0 Å². The minimum Gasteiger partial charge on any atom is -0.378 e. The second kappa shape index (κ2) is 5.03. The van der Waals surface area contributed by atoms with E-state index in [9.17, 15) is 0 Å². The van der Waals surface area contributed by atoms with Crippen molar-refractivity contribution in [2.24, 2.45) is 0 Å². The van der Waals surface area contributed by atoms with Crippen molar-refractivity contribution in [3.63, 3.8) is 0 Å². The Labute approximate surface area is 68.6 Å². The van der Waals surface area contributed by atoms with Crippen LogP contribution in [0.1, 0.15) is 32.1 Å². The molecule has 0 saturated heterocycles. The van der Waals surface area contributed by atoms with Crippen LogP contribution in [0.2, 0.25) is 0 Å². The Morgan fingerprint density at radius 1 is 1.30 bits per heavy atom. The normalized spacial score (nSPS) is 18.9. The van der Waals surface area contributed by atoms with Crippen molar-refractivity contribution < 1.29 is 4.74 Å². The van der Waals surface area contributed by atoms with E-state index in [4.69, 9.17) is 4.74 Å². The Bertz CT molecular complexity index is 81.3. The maximum Gasteiger partial charge on any atom is 0.0575 e. The van der Waals surface area contributed by atoms with Gasteiger partial charge in [0.1, 0.15) is 0 Å². The summed E-state index contributed by atoms with van der Waals surface area (Å²) in [6, 6.07) is 0. The molecule has 1 nitrogen and oxygen atoms in total. The predicted molar refractivity (Wildman–Crippen MR) is 46.7 cm³/mol. The first kappa shape index (κ1) is 8.41. The van der Waals surface area contributed by atoms with Crippen LogP contribution in [-0.2, 0) is 4.74 Å². The van der Waals surface area contributed by atoms with Gasteiger partial charge < -0.3 is 4.74 Å². The highest BCUT2D eigenvalue weighted by Gasteiger charge is 2.16. The Balaban J connectivity index is 1.76. The molecule has 0 aliphatic heterocycles. The third-order valence-electron chi connectivity index (χ3n) is 1.96. The summed E-state index contributed by atoms with van der Waals surface area (Å²) >= 11 is 4.13. The molecule has 0 aromatic rings. The average molecular weight is 160 g/mol. The topological polar surface area (TPSA) is 9.23 Å². The average Bonchev–Trinajstić information content (AvgIpc) is 1.84. The summed E-state index contributed by atoms with van der Waals surface area (Å²) in [6.45, 7) is 0.950. The van der Waals surface area contributed by atoms with Crippen LogP contribution in [0.5, 0.6) is 0 Å². The van der Waals surface area contributed by atoms with Gasteiger partial charge in [0.25, 0.3) is 0 Å². The molecular formula is C8H16OS. The number of hydrogen-bond acceptors (Lipinski definition) is 2. The van der Waals surface area contributed by atoms with Gasteiger partial charge in [0.05, 0.1) is 6.10 Å². The first-order chi connectivity index (χ1) is 4.93. The fraction of sp³-hybridized carbons (Fsp3) is 1.00. The van der Waals surface area contributed by atoms with Crippen molar-refractivity contribution in [1.29, 1.82) is 0 Å². The molecule has 0 atom stereocenters. The van der Waals surface area contributed by atoms with Crippen LogP contribution >= 0.6 is 12.6 Å². The molecule has 0 unspecified atom stereocenters. The molecule has 0 amide bonds. The molecule has 0 aromatic carbocycles. The summed E-state index contributed by atoms with van der Waals surface area (Å²) in [4.78, 5) is 0. The second-order valence-corrected chi connectivity index (χ2v) is 3.30. The van der Waals surface area contributed by atoms with Crippen molar-refractivity contribution in [3.05, 3.63) is 0 Å². The molecule has 10 heavy (non-hydrogen) atoms. The lowest BCUT2D eigenvalue weighted by molar-refractivity contribution is 0.00127. The zero-order valence-corrected chi connectivity index (χ0v) is 7.28. The van der Waals surface area contributed by atoms with E-state index in [-0.39, 0.29) is 0 Å². The zero-order valence-electron chi connectivity index (χ0n) is 6.38. The summed E-state index contributed by atoms with van der Waals surface area (Å²) in [5.74, 6) is 0.994. The zero-order chi connectivity index (χ0) is 7.23. The number of hydrogen-bond donors (Lipinski definition) is 1. The third-order valence-corrected chi connectivity index (χ3v) is 2.27. The van der Waals surface area contributed by atoms with Gasteiger partial charge in [0, 0.05) is 6.61 Å². The van der Waals surface area contributed by atoms with Crippen molar-refractivity contribution in [3.8, 4) is 0 Å². The molecule has 0 N–H and O–H groups in total. The Morgan fingerprint density at radius 3 is 2.60 bits per heavy atom. The monoisotopic (exact) mass is 160 g/mol. The van der Waals surface area contributed by atoms with Crippen molar-refractivity contribution >= 4 is 12.6 Å². The largest absolute Gasteiger partial charge is 0.378 e. The van der Waals surface area contributed by atoms with Crippen molar-refractivity contribution in [2.75, 3.05) is 12.4 Å². The van der Waals surface area contributed by atoms with Gasteiger partial charge in [-0.25, -0.2) is 0 Å². The smallest absolute Gasteiger partial charge is 0.0575 e. The first-order valence-corrected chi connectivity index (χ1v) is 4.79. The highest BCUT2D eigenvalue weighted by Crippen LogP contribution is 2.21. The van der Waals surface area contributed by atoms with Crippen molar-refractivity contribution in [2.45, 2.75) is 38.2 Å². The number of rotatable bonds is 5. The fourth-order valence-electron chi connectivity index (χ4n) is 1.00. The van der Waals surface area contributed by atoms with Crippen LogP contribution < -0.4 is 0 Å². The van der Waals surface area contributed by atoms with Gasteiger partial charge in [-0.15, -0.1) is 0 Å². The van der Waals surface area contributed by atoms with Crippen LogP contribution in [-0.4, -0.2) is 18.5 Å². The molecular weight excluding hydrogens is 144 g/mol. The maximum atomic E-state index is 5.55. The van der Waals surface area contributed by atoms with Gasteiger partial charge in [0.2, 0.25) is 0 Å². The van der Waals surface area contributed by atoms with Crippen LogP contribution in [0.15, 0.2) is 0 Å². The van der Waals surface area contributed by atoms with Crippen molar-refractivity contribution in [1.82, 2.24) is 0 Å². The van der Waals surface area contributed by atoms with E-state index in [1.807, 2.05) is 0 Å². The molecule has 1 aliphatic carbocycles. The van der Waals surface area contributed by atoms with Gasteiger partial charge >= 0.3 is 0 Å². The molecule has 1 rings (SSSR count). The van der Waals surface area contributed by atoms with Crippen LogP contribution in [0.3, 0.4) is 0 Å². The summed E-state index contributed by atoms with van der Waals surface area (Å²) in [7, 11) is 0. The third kappa shape index (κ3) is 2.93. The Hall–Kier alpha value is 0.310. The predicted octanol–water partition coefficient (Wildman–Crippen LogP) is 2.27. The molecule has 1 saturated carbocycles. The highest BCUT2D eigenvalue weighted by molar-refractivity contribution is 7.80. The minimum absolute atomic E-state index is 0.611. The van der Waals surface area contributed by atoms with Crippen LogP contribution in [0, 0.1) is 0 Å². The van der Waals surface area contributed by atoms with E-state index < -0.39 is 0 Å². The molecule has 1 fully saturated rings. The molecule has 1 aliphatic rings. The lowest BCUT2D eigenvalue weighted by Gasteiger charge is -2.25. The standard InChI is InChI=1S/C8H16OS/c10-7-2-1-6-9-8-4-3-5-8/h8,10H,1-7H2. The van der Waals surface area contributed by atoms with Gasteiger partial charge in [-0.2, -0.15) is 12.6 Å². The molecule has 0 radical (unpaired) electrons. The van der Waals surface area contributed by atoms with E-state index in [2.05, 4.69) is 12.6 Å². The maximum absolute atomic E-state index is 5.55.